The minimum atomic E-state index is -0.639. The fraction of sp³-hybridized carbons (Fsp3) is 0.231. The standard InChI is InChI=1S/C26H22ClF2N5O/c1-4-20(35)33-11-14(2)34(15(3)12-33)26-18-10-30-24(23(29)25(18)31-13-32-26)17-7-5-6-16-8-9-19(28)22(27)21(16)17/h4-10,13-15H,1,11-12H2,2-3H3/t14-,15-/m0/s1. The Morgan fingerprint density at radius 1 is 1.11 bits per heavy atom. The Bertz CT molecular complexity index is 1480. The third-order valence-corrected chi connectivity index (χ3v) is 6.81. The van der Waals surface area contributed by atoms with Crippen LogP contribution in [0, 0.1) is 11.6 Å². The molecule has 2 atom stereocenters. The Balaban J connectivity index is 1.63. The first kappa shape index (κ1) is 23.1. The minimum absolute atomic E-state index is 0.0303. The zero-order valence-electron chi connectivity index (χ0n) is 19.2. The number of pyridine rings is 1. The highest BCUT2D eigenvalue weighted by atomic mass is 35.5. The van der Waals surface area contributed by atoms with Gasteiger partial charge in [0.05, 0.1) is 10.4 Å². The number of halogens is 3. The number of amides is 1. The highest BCUT2D eigenvalue weighted by molar-refractivity contribution is 6.36. The fourth-order valence-corrected chi connectivity index (χ4v) is 5.20. The van der Waals surface area contributed by atoms with Crippen LogP contribution in [0.4, 0.5) is 14.6 Å². The Morgan fingerprint density at radius 2 is 1.86 bits per heavy atom. The number of piperazine rings is 1. The highest BCUT2D eigenvalue weighted by Gasteiger charge is 2.33. The van der Waals surface area contributed by atoms with E-state index in [0.29, 0.717) is 40.6 Å². The van der Waals surface area contributed by atoms with Gasteiger partial charge in [-0.2, -0.15) is 0 Å². The lowest BCUT2D eigenvalue weighted by Gasteiger charge is -2.45. The van der Waals surface area contributed by atoms with E-state index >= 15 is 4.39 Å². The normalized spacial score (nSPS) is 18.3. The molecule has 0 N–H and O–H groups in total. The van der Waals surface area contributed by atoms with Crippen molar-refractivity contribution in [3.8, 4) is 11.3 Å². The maximum atomic E-state index is 15.9. The minimum Gasteiger partial charge on any atom is -0.347 e. The van der Waals surface area contributed by atoms with Gasteiger partial charge < -0.3 is 9.80 Å². The predicted molar refractivity (Wildman–Crippen MR) is 133 cm³/mol. The third kappa shape index (κ3) is 3.78. The first-order valence-corrected chi connectivity index (χ1v) is 11.6. The van der Waals surface area contributed by atoms with Gasteiger partial charge in [-0.05, 0) is 31.4 Å². The molecule has 35 heavy (non-hydrogen) atoms. The summed E-state index contributed by atoms with van der Waals surface area (Å²) < 4.78 is 30.1. The Morgan fingerprint density at radius 3 is 2.57 bits per heavy atom. The van der Waals surface area contributed by atoms with Gasteiger partial charge in [0.25, 0.3) is 0 Å². The van der Waals surface area contributed by atoms with Crippen LogP contribution in [0.3, 0.4) is 0 Å². The Labute approximate surface area is 205 Å². The smallest absolute Gasteiger partial charge is 0.246 e. The number of anilines is 1. The zero-order chi connectivity index (χ0) is 24.9. The van der Waals surface area contributed by atoms with E-state index in [2.05, 4.69) is 26.4 Å². The molecule has 2 aromatic heterocycles. The quantitative estimate of drug-likeness (QED) is 0.358. The maximum absolute atomic E-state index is 15.9. The molecule has 0 spiro atoms. The number of hydrogen-bond acceptors (Lipinski definition) is 5. The number of benzene rings is 2. The van der Waals surface area contributed by atoms with Crippen molar-refractivity contribution in [3.05, 3.63) is 72.2 Å². The molecule has 0 bridgehead atoms. The summed E-state index contributed by atoms with van der Waals surface area (Å²) in [5, 5.41) is 1.43. The molecule has 1 fully saturated rings. The van der Waals surface area contributed by atoms with E-state index in [1.54, 1.807) is 29.2 Å². The number of rotatable bonds is 3. The van der Waals surface area contributed by atoms with Crippen molar-refractivity contribution < 1.29 is 13.6 Å². The maximum Gasteiger partial charge on any atom is 0.246 e. The van der Waals surface area contributed by atoms with Gasteiger partial charge in [-0.1, -0.05) is 42.4 Å². The van der Waals surface area contributed by atoms with Gasteiger partial charge in [0, 0.05) is 42.3 Å². The SMILES string of the molecule is C=CC(=O)N1C[C@H](C)N(c2ncnc3c(F)c(-c4cccc5ccc(F)c(Cl)c45)ncc23)[C@@H](C)C1. The summed E-state index contributed by atoms with van der Waals surface area (Å²) in [4.78, 5) is 29.0. The molecule has 178 valence electrons. The first-order chi connectivity index (χ1) is 16.8. The van der Waals surface area contributed by atoms with E-state index in [0.717, 1.165) is 0 Å². The number of aromatic nitrogens is 3. The molecule has 0 saturated carbocycles. The zero-order valence-corrected chi connectivity index (χ0v) is 19.9. The monoisotopic (exact) mass is 493 g/mol. The van der Waals surface area contributed by atoms with Crippen molar-refractivity contribution in [2.75, 3.05) is 18.0 Å². The average molecular weight is 494 g/mol. The molecule has 5 rings (SSSR count). The highest BCUT2D eigenvalue weighted by Crippen LogP contribution is 2.38. The summed E-state index contributed by atoms with van der Waals surface area (Å²) >= 11 is 6.26. The molecule has 0 unspecified atom stereocenters. The lowest BCUT2D eigenvalue weighted by Crippen LogP contribution is -2.58. The lowest BCUT2D eigenvalue weighted by molar-refractivity contribution is -0.127. The van der Waals surface area contributed by atoms with Crippen molar-refractivity contribution in [2.45, 2.75) is 25.9 Å². The van der Waals surface area contributed by atoms with Crippen LogP contribution in [0.2, 0.25) is 5.02 Å². The molecule has 9 heteroatoms. The van der Waals surface area contributed by atoms with Gasteiger partial charge in [-0.15, -0.1) is 0 Å². The number of carbonyl (C=O) groups is 1. The second-order valence-electron chi connectivity index (χ2n) is 8.70. The predicted octanol–water partition coefficient (Wildman–Crippen LogP) is 5.39. The molecule has 1 aliphatic heterocycles. The largest absolute Gasteiger partial charge is 0.347 e. The molecule has 2 aromatic carbocycles. The number of fused-ring (bicyclic) bond motifs is 2. The Kier molecular flexibility index (Phi) is 5.84. The van der Waals surface area contributed by atoms with Gasteiger partial charge in [0.15, 0.2) is 5.82 Å². The molecule has 3 heterocycles. The van der Waals surface area contributed by atoms with Gasteiger partial charge >= 0.3 is 0 Å². The molecular weight excluding hydrogens is 472 g/mol. The van der Waals surface area contributed by atoms with E-state index in [4.69, 9.17) is 11.6 Å². The summed E-state index contributed by atoms with van der Waals surface area (Å²) in [6.07, 6.45) is 4.16. The van der Waals surface area contributed by atoms with Crippen molar-refractivity contribution >= 4 is 45.0 Å². The number of nitrogens with zero attached hydrogens (tertiary/aromatic N) is 5. The molecule has 4 aromatic rings. The van der Waals surface area contributed by atoms with Crippen LogP contribution in [0.15, 0.2) is 55.5 Å². The van der Waals surface area contributed by atoms with E-state index in [-0.39, 0.29) is 34.2 Å². The molecule has 1 amide bonds. The number of carbonyl (C=O) groups excluding carboxylic acids is 1. The van der Waals surface area contributed by atoms with Gasteiger partial charge in [0.1, 0.15) is 29.2 Å². The van der Waals surface area contributed by atoms with Crippen molar-refractivity contribution in [1.82, 2.24) is 19.9 Å². The van der Waals surface area contributed by atoms with Crippen molar-refractivity contribution in [1.29, 1.82) is 0 Å². The fourth-order valence-electron chi connectivity index (χ4n) is 4.93. The summed E-state index contributed by atoms with van der Waals surface area (Å²) in [5.74, 6) is -0.812. The van der Waals surface area contributed by atoms with Gasteiger partial charge in [0.2, 0.25) is 5.91 Å². The van der Waals surface area contributed by atoms with Crippen LogP contribution in [-0.2, 0) is 4.79 Å². The van der Waals surface area contributed by atoms with Crippen LogP contribution in [0.25, 0.3) is 32.9 Å². The van der Waals surface area contributed by atoms with Crippen LogP contribution in [0.5, 0.6) is 0 Å². The second kappa shape index (κ2) is 8.85. The average Bonchev–Trinajstić information content (AvgIpc) is 2.85. The molecule has 6 nitrogen and oxygen atoms in total. The topological polar surface area (TPSA) is 62.2 Å². The van der Waals surface area contributed by atoms with Gasteiger partial charge in [-0.25, -0.2) is 18.7 Å². The molecular formula is C26H22ClF2N5O. The Hall–Kier alpha value is -3.65. The molecule has 0 radical (unpaired) electrons. The van der Waals surface area contributed by atoms with Crippen LogP contribution in [-0.4, -0.2) is 50.9 Å². The lowest BCUT2D eigenvalue weighted by atomic mass is 10.0. The summed E-state index contributed by atoms with van der Waals surface area (Å²) in [6.45, 7) is 8.50. The summed E-state index contributed by atoms with van der Waals surface area (Å²) in [6, 6.07) is 7.90. The van der Waals surface area contributed by atoms with E-state index in [1.165, 1.54) is 24.7 Å². The van der Waals surface area contributed by atoms with Crippen molar-refractivity contribution in [3.63, 3.8) is 0 Å². The second-order valence-corrected chi connectivity index (χ2v) is 9.08. The van der Waals surface area contributed by atoms with Gasteiger partial charge in [-0.3, -0.25) is 9.78 Å². The first-order valence-electron chi connectivity index (χ1n) is 11.2. The number of hydrogen-bond donors (Lipinski definition) is 0. The molecule has 1 saturated heterocycles. The van der Waals surface area contributed by atoms with Crippen LogP contribution in [0.1, 0.15) is 13.8 Å². The van der Waals surface area contributed by atoms with E-state index in [1.807, 2.05) is 13.8 Å². The van der Waals surface area contributed by atoms with Crippen LogP contribution >= 0.6 is 11.6 Å². The summed E-state index contributed by atoms with van der Waals surface area (Å²) in [5.41, 5.74) is 0.515. The van der Waals surface area contributed by atoms with E-state index < -0.39 is 11.6 Å². The third-order valence-electron chi connectivity index (χ3n) is 6.44. The van der Waals surface area contributed by atoms with Crippen LogP contribution < -0.4 is 4.90 Å². The summed E-state index contributed by atoms with van der Waals surface area (Å²) in [7, 11) is 0. The van der Waals surface area contributed by atoms with Crippen molar-refractivity contribution in [2.24, 2.45) is 0 Å². The van der Waals surface area contributed by atoms with E-state index in [9.17, 15) is 9.18 Å². The molecule has 1 aliphatic rings. The molecule has 0 aliphatic carbocycles.